The molecule has 5 rings (SSSR count). The third-order valence-electron chi connectivity index (χ3n) is 6.10. The number of rotatable bonds is 5. The van der Waals surface area contributed by atoms with Crippen LogP contribution in [0.5, 0.6) is 5.75 Å². The van der Waals surface area contributed by atoms with Crippen LogP contribution in [0.3, 0.4) is 0 Å². The molecule has 3 heteroatoms. The standard InChI is InChI=1S/C28H26N2O/c1-19-8-10-21(11-9-19)18-30-27-7-5-4-6-26(27)29-28(30)20(2)22-12-13-24-17-25(31-3)15-14-23(24)16-22/h4-17,20H,18H2,1-3H3. The van der Waals surface area contributed by atoms with Gasteiger partial charge in [-0.3, -0.25) is 0 Å². The van der Waals surface area contributed by atoms with E-state index in [2.05, 4.69) is 97.3 Å². The van der Waals surface area contributed by atoms with Crippen molar-refractivity contribution in [2.75, 3.05) is 7.11 Å². The monoisotopic (exact) mass is 406 g/mol. The summed E-state index contributed by atoms with van der Waals surface area (Å²) < 4.78 is 7.73. The van der Waals surface area contributed by atoms with E-state index in [0.29, 0.717) is 0 Å². The first-order valence-electron chi connectivity index (χ1n) is 10.7. The number of fused-ring (bicyclic) bond motifs is 2. The zero-order valence-corrected chi connectivity index (χ0v) is 18.2. The summed E-state index contributed by atoms with van der Waals surface area (Å²) in [6.45, 7) is 5.18. The molecule has 1 unspecified atom stereocenters. The summed E-state index contributed by atoms with van der Waals surface area (Å²) in [6, 6.07) is 30.1. The number of aryl methyl sites for hydroxylation is 1. The summed E-state index contributed by atoms with van der Waals surface area (Å²) in [5.41, 5.74) is 6.05. The van der Waals surface area contributed by atoms with E-state index in [1.54, 1.807) is 7.11 Å². The van der Waals surface area contributed by atoms with Gasteiger partial charge in [-0.1, -0.05) is 73.2 Å². The van der Waals surface area contributed by atoms with Gasteiger partial charge in [0.2, 0.25) is 0 Å². The minimum atomic E-state index is 0.171. The molecule has 0 saturated carbocycles. The fraction of sp³-hybridized carbons (Fsp3) is 0.179. The Labute approximate surface area is 182 Å². The second-order valence-corrected chi connectivity index (χ2v) is 8.22. The van der Waals surface area contributed by atoms with Crippen LogP contribution in [0, 0.1) is 6.92 Å². The normalized spacial score (nSPS) is 12.4. The van der Waals surface area contributed by atoms with Crippen LogP contribution in [0.2, 0.25) is 0 Å². The van der Waals surface area contributed by atoms with Crippen molar-refractivity contribution < 1.29 is 4.74 Å². The molecule has 0 bridgehead atoms. The topological polar surface area (TPSA) is 27.1 Å². The van der Waals surface area contributed by atoms with Crippen molar-refractivity contribution in [2.24, 2.45) is 0 Å². The van der Waals surface area contributed by atoms with Gasteiger partial charge in [-0.15, -0.1) is 0 Å². The van der Waals surface area contributed by atoms with E-state index in [-0.39, 0.29) is 5.92 Å². The fourth-order valence-corrected chi connectivity index (χ4v) is 4.25. The Bertz CT molecular complexity index is 1370. The Morgan fingerprint density at radius 2 is 1.61 bits per heavy atom. The predicted molar refractivity (Wildman–Crippen MR) is 128 cm³/mol. The summed E-state index contributed by atoms with van der Waals surface area (Å²) in [7, 11) is 1.70. The summed E-state index contributed by atoms with van der Waals surface area (Å²) in [5, 5.41) is 2.40. The number of benzene rings is 4. The third kappa shape index (κ3) is 3.68. The molecule has 4 aromatic carbocycles. The minimum absolute atomic E-state index is 0.171. The van der Waals surface area contributed by atoms with Crippen molar-refractivity contribution >= 4 is 21.8 Å². The van der Waals surface area contributed by atoms with Gasteiger partial charge in [0.25, 0.3) is 0 Å². The predicted octanol–water partition coefficient (Wildman–Crippen LogP) is 6.71. The Kier molecular flexibility index (Phi) is 4.95. The van der Waals surface area contributed by atoms with E-state index in [1.807, 2.05) is 6.07 Å². The van der Waals surface area contributed by atoms with Crippen molar-refractivity contribution in [3.63, 3.8) is 0 Å². The molecule has 0 aliphatic carbocycles. The summed E-state index contributed by atoms with van der Waals surface area (Å²) >= 11 is 0. The molecule has 1 heterocycles. The number of para-hydroxylation sites is 2. The maximum absolute atomic E-state index is 5.37. The average molecular weight is 407 g/mol. The lowest BCUT2D eigenvalue weighted by Crippen LogP contribution is -2.09. The fourth-order valence-electron chi connectivity index (χ4n) is 4.25. The van der Waals surface area contributed by atoms with Gasteiger partial charge in [0.05, 0.1) is 18.1 Å². The molecule has 154 valence electrons. The summed E-state index contributed by atoms with van der Waals surface area (Å²) in [6.07, 6.45) is 0. The lowest BCUT2D eigenvalue weighted by molar-refractivity contribution is 0.415. The molecule has 3 nitrogen and oxygen atoms in total. The van der Waals surface area contributed by atoms with E-state index in [4.69, 9.17) is 9.72 Å². The first kappa shape index (κ1) is 19.4. The van der Waals surface area contributed by atoms with Gasteiger partial charge in [-0.2, -0.15) is 0 Å². The number of imidazole rings is 1. The molecular formula is C28H26N2O. The van der Waals surface area contributed by atoms with Crippen LogP contribution in [0.1, 0.15) is 35.4 Å². The first-order valence-corrected chi connectivity index (χ1v) is 10.7. The molecule has 31 heavy (non-hydrogen) atoms. The summed E-state index contributed by atoms with van der Waals surface area (Å²) in [5.74, 6) is 2.15. The van der Waals surface area contributed by atoms with Crippen LogP contribution in [-0.4, -0.2) is 16.7 Å². The van der Waals surface area contributed by atoms with Crippen molar-refractivity contribution in [3.05, 3.63) is 107 Å². The van der Waals surface area contributed by atoms with Gasteiger partial charge >= 0.3 is 0 Å². The van der Waals surface area contributed by atoms with Gasteiger partial charge < -0.3 is 9.30 Å². The van der Waals surface area contributed by atoms with E-state index >= 15 is 0 Å². The smallest absolute Gasteiger partial charge is 0.119 e. The highest BCUT2D eigenvalue weighted by Gasteiger charge is 2.19. The van der Waals surface area contributed by atoms with Gasteiger partial charge in [-0.05, 0) is 53.1 Å². The van der Waals surface area contributed by atoms with Crippen LogP contribution in [0.25, 0.3) is 21.8 Å². The molecular weight excluding hydrogens is 380 g/mol. The zero-order chi connectivity index (χ0) is 21.4. The molecule has 0 radical (unpaired) electrons. The number of nitrogens with zero attached hydrogens (tertiary/aromatic N) is 2. The van der Waals surface area contributed by atoms with Crippen molar-refractivity contribution in [1.29, 1.82) is 0 Å². The quantitative estimate of drug-likeness (QED) is 0.324. The number of ether oxygens (including phenoxy) is 1. The Morgan fingerprint density at radius 1 is 0.871 bits per heavy atom. The molecule has 0 spiro atoms. The zero-order valence-electron chi connectivity index (χ0n) is 18.2. The molecule has 1 aromatic heterocycles. The van der Waals surface area contributed by atoms with Gasteiger partial charge in [0.15, 0.2) is 0 Å². The molecule has 0 fully saturated rings. The first-order chi connectivity index (χ1) is 15.1. The number of aromatic nitrogens is 2. The lowest BCUT2D eigenvalue weighted by Gasteiger charge is -2.16. The highest BCUT2D eigenvalue weighted by atomic mass is 16.5. The van der Waals surface area contributed by atoms with Crippen LogP contribution in [-0.2, 0) is 6.54 Å². The van der Waals surface area contributed by atoms with E-state index in [9.17, 15) is 0 Å². The Balaban J connectivity index is 1.58. The van der Waals surface area contributed by atoms with Gasteiger partial charge in [0.1, 0.15) is 11.6 Å². The number of methoxy groups -OCH3 is 1. The second kappa shape index (κ2) is 7.92. The molecule has 0 aliphatic rings. The maximum atomic E-state index is 5.37. The van der Waals surface area contributed by atoms with E-state index in [1.165, 1.54) is 33.0 Å². The second-order valence-electron chi connectivity index (χ2n) is 8.22. The molecule has 0 aliphatic heterocycles. The Morgan fingerprint density at radius 3 is 2.42 bits per heavy atom. The molecule has 0 N–H and O–H groups in total. The SMILES string of the molecule is COc1ccc2cc(C(C)c3nc4ccccc4n3Cc3ccc(C)cc3)ccc2c1. The molecule has 0 saturated heterocycles. The van der Waals surface area contributed by atoms with Gasteiger partial charge in [-0.25, -0.2) is 4.98 Å². The van der Waals surface area contributed by atoms with Crippen LogP contribution < -0.4 is 4.74 Å². The Hall–Kier alpha value is -3.59. The van der Waals surface area contributed by atoms with Crippen molar-refractivity contribution in [1.82, 2.24) is 9.55 Å². The number of hydrogen-bond donors (Lipinski definition) is 0. The van der Waals surface area contributed by atoms with Gasteiger partial charge in [0, 0.05) is 12.5 Å². The number of hydrogen-bond acceptors (Lipinski definition) is 2. The van der Waals surface area contributed by atoms with Crippen LogP contribution in [0.15, 0.2) is 84.9 Å². The van der Waals surface area contributed by atoms with Crippen LogP contribution in [0.4, 0.5) is 0 Å². The minimum Gasteiger partial charge on any atom is -0.497 e. The summed E-state index contributed by atoms with van der Waals surface area (Å²) in [4.78, 5) is 5.05. The van der Waals surface area contributed by atoms with Crippen molar-refractivity contribution in [2.45, 2.75) is 26.3 Å². The average Bonchev–Trinajstić information content (AvgIpc) is 3.17. The third-order valence-corrected chi connectivity index (χ3v) is 6.10. The largest absolute Gasteiger partial charge is 0.497 e. The van der Waals surface area contributed by atoms with Crippen LogP contribution >= 0.6 is 0 Å². The molecule has 5 aromatic rings. The van der Waals surface area contributed by atoms with Crippen molar-refractivity contribution in [3.8, 4) is 5.75 Å². The van der Waals surface area contributed by atoms with E-state index in [0.717, 1.165) is 23.6 Å². The maximum Gasteiger partial charge on any atom is 0.119 e. The molecule has 0 amide bonds. The lowest BCUT2D eigenvalue weighted by atomic mass is 9.97. The highest BCUT2D eigenvalue weighted by molar-refractivity contribution is 5.85. The molecule has 1 atom stereocenters. The van der Waals surface area contributed by atoms with E-state index < -0.39 is 0 Å². The highest BCUT2D eigenvalue weighted by Crippen LogP contribution is 2.31.